The molecule has 4 heteroatoms. The van der Waals surface area contributed by atoms with Gasteiger partial charge in [-0.25, -0.2) is 9.97 Å². The van der Waals surface area contributed by atoms with Crippen LogP contribution in [0.4, 0.5) is 11.6 Å². The number of anilines is 2. The average molecular weight is 270 g/mol. The van der Waals surface area contributed by atoms with E-state index in [4.69, 9.17) is 0 Å². The Bertz CT molecular complexity index is 580. The lowest BCUT2D eigenvalue weighted by Crippen LogP contribution is -2.17. The molecule has 0 aliphatic carbocycles. The molecule has 0 saturated carbocycles. The molecule has 1 heterocycles. The van der Waals surface area contributed by atoms with Crippen LogP contribution in [0.15, 0.2) is 30.5 Å². The van der Waals surface area contributed by atoms with Crippen molar-refractivity contribution in [2.75, 3.05) is 18.5 Å². The van der Waals surface area contributed by atoms with Gasteiger partial charge in [-0.05, 0) is 38.1 Å². The third-order valence-corrected chi connectivity index (χ3v) is 3.32. The number of hydrogen-bond donors (Lipinski definition) is 1. The highest BCUT2D eigenvalue weighted by Crippen LogP contribution is 2.21. The molecule has 0 radical (unpaired) electrons. The quantitative estimate of drug-likeness (QED) is 0.907. The Morgan fingerprint density at radius 1 is 1.25 bits per heavy atom. The standard InChI is InChI=1S/C16H22N4/c1-5-17-10-14-11-18-16(19-13(14)3)20(4)15-8-6-7-12(2)9-15/h6-9,11,17H,5,10H2,1-4H3. The first-order valence-electron chi connectivity index (χ1n) is 6.95. The monoisotopic (exact) mass is 270 g/mol. The Labute approximate surface area is 120 Å². The maximum absolute atomic E-state index is 4.61. The molecule has 0 bridgehead atoms. The normalized spacial score (nSPS) is 10.6. The first kappa shape index (κ1) is 14.5. The van der Waals surface area contributed by atoms with E-state index in [2.05, 4.69) is 47.3 Å². The summed E-state index contributed by atoms with van der Waals surface area (Å²) in [5.41, 5.74) is 4.50. The largest absolute Gasteiger partial charge is 0.314 e. The summed E-state index contributed by atoms with van der Waals surface area (Å²) in [4.78, 5) is 11.1. The van der Waals surface area contributed by atoms with Crippen LogP contribution in [-0.2, 0) is 6.54 Å². The molecule has 0 aliphatic heterocycles. The minimum Gasteiger partial charge on any atom is -0.314 e. The molecule has 0 fully saturated rings. The second-order valence-corrected chi connectivity index (χ2v) is 4.96. The Morgan fingerprint density at radius 2 is 2.05 bits per heavy atom. The van der Waals surface area contributed by atoms with Gasteiger partial charge in [-0.3, -0.25) is 0 Å². The number of rotatable bonds is 5. The molecule has 4 nitrogen and oxygen atoms in total. The number of aryl methyl sites for hydroxylation is 2. The molecule has 0 spiro atoms. The number of nitrogens with zero attached hydrogens (tertiary/aromatic N) is 3. The zero-order valence-corrected chi connectivity index (χ0v) is 12.6. The smallest absolute Gasteiger partial charge is 0.229 e. The molecule has 0 amide bonds. The Hall–Kier alpha value is -1.94. The summed E-state index contributed by atoms with van der Waals surface area (Å²) in [6.07, 6.45) is 1.91. The molecule has 0 unspecified atom stereocenters. The number of benzene rings is 1. The minimum atomic E-state index is 0.730. The molecule has 1 N–H and O–H groups in total. The molecular weight excluding hydrogens is 248 g/mol. The highest BCUT2D eigenvalue weighted by molar-refractivity contribution is 5.57. The molecule has 2 aromatic rings. The van der Waals surface area contributed by atoms with Crippen molar-refractivity contribution in [3.05, 3.63) is 47.3 Å². The summed E-state index contributed by atoms with van der Waals surface area (Å²) >= 11 is 0. The van der Waals surface area contributed by atoms with E-state index < -0.39 is 0 Å². The van der Waals surface area contributed by atoms with Crippen LogP contribution in [-0.4, -0.2) is 23.6 Å². The van der Waals surface area contributed by atoms with Crippen LogP contribution in [0.25, 0.3) is 0 Å². The maximum Gasteiger partial charge on any atom is 0.229 e. The van der Waals surface area contributed by atoms with Gasteiger partial charge < -0.3 is 10.2 Å². The average Bonchev–Trinajstić information content (AvgIpc) is 2.45. The predicted octanol–water partition coefficient (Wildman–Crippen LogP) is 2.97. The molecule has 1 aromatic heterocycles. The first-order valence-corrected chi connectivity index (χ1v) is 6.95. The molecule has 1 aromatic carbocycles. The van der Waals surface area contributed by atoms with Gasteiger partial charge in [0.25, 0.3) is 0 Å². The lowest BCUT2D eigenvalue weighted by atomic mass is 10.2. The van der Waals surface area contributed by atoms with E-state index >= 15 is 0 Å². The van der Waals surface area contributed by atoms with Crippen LogP contribution < -0.4 is 10.2 Å². The van der Waals surface area contributed by atoms with E-state index in [1.54, 1.807) is 0 Å². The van der Waals surface area contributed by atoms with E-state index in [-0.39, 0.29) is 0 Å². The van der Waals surface area contributed by atoms with Gasteiger partial charge in [0.15, 0.2) is 0 Å². The van der Waals surface area contributed by atoms with Gasteiger partial charge in [0.2, 0.25) is 5.95 Å². The van der Waals surface area contributed by atoms with Gasteiger partial charge in [0.1, 0.15) is 0 Å². The molecule has 0 saturated heterocycles. The van der Waals surface area contributed by atoms with Crippen molar-refractivity contribution in [2.24, 2.45) is 0 Å². The van der Waals surface area contributed by atoms with Crippen molar-refractivity contribution >= 4 is 11.6 Å². The Balaban J connectivity index is 2.22. The van der Waals surface area contributed by atoms with E-state index in [9.17, 15) is 0 Å². The van der Waals surface area contributed by atoms with E-state index in [0.717, 1.165) is 36.0 Å². The van der Waals surface area contributed by atoms with Crippen LogP contribution >= 0.6 is 0 Å². The highest BCUT2D eigenvalue weighted by atomic mass is 15.2. The molecule has 0 aliphatic rings. The summed E-state index contributed by atoms with van der Waals surface area (Å²) in [5.74, 6) is 0.730. The van der Waals surface area contributed by atoms with Gasteiger partial charge in [0, 0.05) is 36.7 Å². The van der Waals surface area contributed by atoms with Crippen molar-refractivity contribution in [3.63, 3.8) is 0 Å². The van der Waals surface area contributed by atoms with Crippen LogP contribution in [0.2, 0.25) is 0 Å². The van der Waals surface area contributed by atoms with Crippen LogP contribution in [0.5, 0.6) is 0 Å². The number of hydrogen-bond acceptors (Lipinski definition) is 4. The Morgan fingerprint density at radius 3 is 2.70 bits per heavy atom. The third kappa shape index (κ3) is 3.33. The van der Waals surface area contributed by atoms with Crippen LogP contribution in [0.3, 0.4) is 0 Å². The molecular formula is C16H22N4. The third-order valence-electron chi connectivity index (χ3n) is 3.32. The van der Waals surface area contributed by atoms with Crippen molar-refractivity contribution in [1.29, 1.82) is 0 Å². The first-order chi connectivity index (χ1) is 9.61. The van der Waals surface area contributed by atoms with Gasteiger partial charge in [-0.1, -0.05) is 19.1 Å². The molecule has 20 heavy (non-hydrogen) atoms. The lowest BCUT2D eigenvalue weighted by Gasteiger charge is -2.18. The summed E-state index contributed by atoms with van der Waals surface area (Å²) in [6, 6.07) is 8.33. The fourth-order valence-electron chi connectivity index (χ4n) is 2.03. The zero-order chi connectivity index (χ0) is 14.5. The highest BCUT2D eigenvalue weighted by Gasteiger charge is 2.09. The second-order valence-electron chi connectivity index (χ2n) is 4.96. The van der Waals surface area contributed by atoms with Crippen molar-refractivity contribution < 1.29 is 0 Å². The predicted molar refractivity (Wildman–Crippen MR) is 83.4 cm³/mol. The number of aromatic nitrogens is 2. The van der Waals surface area contributed by atoms with E-state index in [0.29, 0.717) is 0 Å². The molecule has 2 rings (SSSR count). The van der Waals surface area contributed by atoms with Gasteiger partial charge >= 0.3 is 0 Å². The lowest BCUT2D eigenvalue weighted by molar-refractivity contribution is 0.715. The van der Waals surface area contributed by atoms with E-state index in [1.165, 1.54) is 5.56 Å². The van der Waals surface area contributed by atoms with Crippen molar-refractivity contribution in [2.45, 2.75) is 27.3 Å². The summed E-state index contributed by atoms with van der Waals surface area (Å²) < 4.78 is 0. The Kier molecular flexibility index (Phi) is 4.69. The maximum atomic E-state index is 4.61. The van der Waals surface area contributed by atoms with E-state index in [1.807, 2.05) is 31.1 Å². The number of nitrogens with one attached hydrogen (secondary N) is 1. The summed E-state index contributed by atoms with van der Waals surface area (Å²) in [5, 5.41) is 3.30. The zero-order valence-electron chi connectivity index (χ0n) is 12.6. The van der Waals surface area contributed by atoms with Gasteiger partial charge in [-0.2, -0.15) is 0 Å². The molecule has 106 valence electrons. The molecule has 0 atom stereocenters. The fourth-order valence-corrected chi connectivity index (χ4v) is 2.03. The van der Waals surface area contributed by atoms with Gasteiger partial charge in [-0.15, -0.1) is 0 Å². The topological polar surface area (TPSA) is 41.1 Å². The van der Waals surface area contributed by atoms with Crippen LogP contribution in [0, 0.1) is 13.8 Å². The summed E-state index contributed by atoms with van der Waals surface area (Å²) in [7, 11) is 1.99. The van der Waals surface area contributed by atoms with Crippen molar-refractivity contribution in [3.8, 4) is 0 Å². The minimum absolute atomic E-state index is 0.730. The van der Waals surface area contributed by atoms with Gasteiger partial charge in [0.05, 0.1) is 0 Å². The fraction of sp³-hybridized carbons (Fsp3) is 0.375. The second kappa shape index (κ2) is 6.48. The van der Waals surface area contributed by atoms with Crippen LogP contribution in [0.1, 0.15) is 23.7 Å². The van der Waals surface area contributed by atoms with Crippen molar-refractivity contribution in [1.82, 2.24) is 15.3 Å². The SMILES string of the molecule is CCNCc1cnc(N(C)c2cccc(C)c2)nc1C. The summed E-state index contributed by atoms with van der Waals surface area (Å²) in [6.45, 7) is 7.97.